The predicted octanol–water partition coefficient (Wildman–Crippen LogP) is 6.71. The number of thiophene rings is 1. The highest BCUT2D eigenvalue weighted by atomic mass is 79.9. The summed E-state index contributed by atoms with van der Waals surface area (Å²) in [4.78, 5) is 18.0. The van der Waals surface area contributed by atoms with Crippen LogP contribution >= 0.6 is 27.3 Å². The van der Waals surface area contributed by atoms with Crippen molar-refractivity contribution in [2.24, 2.45) is 0 Å². The summed E-state index contributed by atoms with van der Waals surface area (Å²) in [7, 11) is 0. The molecule has 3 aromatic rings. The number of carbonyl (C=O) groups is 1. The molecule has 2 aromatic carbocycles. The minimum Gasteiger partial charge on any atom is -0.312 e. The fourth-order valence-electron chi connectivity index (χ4n) is 4.60. The van der Waals surface area contributed by atoms with Gasteiger partial charge in [0, 0.05) is 20.8 Å². The van der Waals surface area contributed by atoms with Gasteiger partial charge < -0.3 is 10.2 Å². The van der Waals surface area contributed by atoms with Crippen LogP contribution in [0.3, 0.4) is 0 Å². The third-order valence-corrected chi connectivity index (χ3v) is 8.11. The van der Waals surface area contributed by atoms with Crippen molar-refractivity contribution in [3.05, 3.63) is 85.3 Å². The van der Waals surface area contributed by atoms with Crippen molar-refractivity contribution in [3.63, 3.8) is 0 Å². The molecule has 1 aliphatic heterocycles. The first-order valence-electron chi connectivity index (χ1n) is 10.3. The summed E-state index contributed by atoms with van der Waals surface area (Å²) in [5.41, 5.74) is 4.64. The molecular weight excluding hydrogens is 463 g/mol. The SMILES string of the molecule is O=C(Nc1ccccc1Br)N1CCc2c(sc3c2CCCC3)[C@@H]1c1ccc(F)cc1. The lowest BCUT2D eigenvalue weighted by Crippen LogP contribution is -2.42. The Morgan fingerprint density at radius 2 is 1.80 bits per heavy atom. The first-order valence-corrected chi connectivity index (χ1v) is 11.9. The van der Waals surface area contributed by atoms with Crippen molar-refractivity contribution in [1.82, 2.24) is 4.90 Å². The summed E-state index contributed by atoms with van der Waals surface area (Å²) in [6, 6.07) is 13.9. The van der Waals surface area contributed by atoms with E-state index in [-0.39, 0.29) is 17.9 Å². The topological polar surface area (TPSA) is 32.3 Å². The molecule has 154 valence electrons. The van der Waals surface area contributed by atoms with Crippen LogP contribution in [0.5, 0.6) is 0 Å². The number of para-hydroxylation sites is 1. The van der Waals surface area contributed by atoms with E-state index in [0.717, 1.165) is 35.0 Å². The second-order valence-corrected chi connectivity index (χ2v) is 9.85. The van der Waals surface area contributed by atoms with Gasteiger partial charge in [-0.05, 0) is 89.0 Å². The molecule has 2 aliphatic rings. The molecule has 1 N–H and O–H groups in total. The smallest absolute Gasteiger partial charge is 0.312 e. The molecular formula is C24H22BrFN2OS. The average molecular weight is 485 g/mol. The van der Waals surface area contributed by atoms with E-state index in [1.165, 1.54) is 45.9 Å². The molecule has 0 spiro atoms. The monoisotopic (exact) mass is 484 g/mol. The normalized spacial score (nSPS) is 17.9. The highest BCUT2D eigenvalue weighted by Gasteiger charge is 2.36. The predicted molar refractivity (Wildman–Crippen MR) is 123 cm³/mol. The maximum Gasteiger partial charge on any atom is 0.322 e. The number of anilines is 1. The van der Waals surface area contributed by atoms with E-state index in [9.17, 15) is 9.18 Å². The number of carbonyl (C=O) groups excluding carboxylic acids is 1. The maximum atomic E-state index is 13.6. The molecule has 3 nitrogen and oxygen atoms in total. The van der Waals surface area contributed by atoms with Gasteiger partial charge in [-0.25, -0.2) is 9.18 Å². The summed E-state index contributed by atoms with van der Waals surface area (Å²) in [5.74, 6) is -0.260. The Bertz CT molecular complexity index is 1100. The van der Waals surface area contributed by atoms with E-state index in [4.69, 9.17) is 0 Å². The van der Waals surface area contributed by atoms with Crippen molar-refractivity contribution in [2.45, 2.75) is 38.1 Å². The number of nitrogens with zero attached hydrogens (tertiary/aromatic N) is 1. The zero-order valence-electron chi connectivity index (χ0n) is 16.5. The number of hydrogen-bond acceptors (Lipinski definition) is 2. The first kappa shape index (κ1) is 19.8. The first-order chi connectivity index (χ1) is 14.6. The maximum absolute atomic E-state index is 13.6. The molecule has 30 heavy (non-hydrogen) atoms. The van der Waals surface area contributed by atoms with Gasteiger partial charge >= 0.3 is 6.03 Å². The van der Waals surface area contributed by atoms with E-state index >= 15 is 0 Å². The van der Waals surface area contributed by atoms with Gasteiger partial charge in [0.1, 0.15) is 5.82 Å². The van der Waals surface area contributed by atoms with Crippen molar-refractivity contribution in [3.8, 4) is 0 Å². The quantitative estimate of drug-likeness (QED) is 0.430. The third kappa shape index (κ3) is 3.56. The Morgan fingerprint density at radius 3 is 2.60 bits per heavy atom. The number of benzene rings is 2. The number of nitrogens with one attached hydrogen (secondary N) is 1. The number of urea groups is 1. The Kier molecular flexibility index (Phi) is 5.37. The summed E-state index contributed by atoms with van der Waals surface area (Å²) in [6.07, 6.45) is 5.62. The lowest BCUT2D eigenvalue weighted by atomic mass is 9.88. The van der Waals surface area contributed by atoms with Crippen molar-refractivity contribution < 1.29 is 9.18 Å². The molecule has 0 radical (unpaired) electrons. The second-order valence-electron chi connectivity index (χ2n) is 7.86. The number of amides is 2. The van der Waals surface area contributed by atoms with E-state index in [1.54, 1.807) is 0 Å². The number of hydrogen-bond donors (Lipinski definition) is 1. The van der Waals surface area contributed by atoms with Crippen LogP contribution in [-0.2, 0) is 19.3 Å². The fraction of sp³-hybridized carbons (Fsp3) is 0.292. The highest BCUT2D eigenvalue weighted by Crippen LogP contribution is 2.45. The zero-order valence-corrected chi connectivity index (χ0v) is 18.9. The molecule has 0 unspecified atom stereocenters. The molecule has 0 bridgehead atoms. The molecule has 1 aliphatic carbocycles. The van der Waals surface area contributed by atoms with E-state index in [2.05, 4.69) is 21.2 Å². The Balaban J connectivity index is 1.55. The molecule has 0 saturated carbocycles. The Hall–Kier alpha value is -2.18. The van der Waals surface area contributed by atoms with Crippen LogP contribution in [0.25, 0.3) is 0 Å². The number of halogens is 2. The minimum atomic E-state index is -0.260. The number of rotatable bonds is 2. The summed E-state index contributed by atoms with van der Waals surface area (Å²) in [6.45, 7) is 0.647. The Morgan fingerprint density at radius 1 is 1.03 bits per heavy atom. The van der Waals surface area contributed by atoms with Crippen LogP contribution in [-0.4, -0.2) is 17.5 Å². The zero-order chi connectivity index (χ0) is 20.7. The van der Waals surface area contributed by atoms with Crippen molar-refractivity contribution in [1.29, 1.82) is 0 Å². The van der Waals surface area contributed by atoms with Crippen LogP contribution in [0.2, 0.25) is 0 Å². The van der Waals surface area contributed by atoms with Crippen molar-refractivity contribution in [2.75, 3.05) is 11.9 Å². The van der Waals surface area contributed by atoms with Crippen LogP contribution < -0.4 is 5.32 Å². The van der Waals surface area contributed by atoms with E-state index in [0.29, 0.717) is 6.54 Å². The molecule has 5 rings (SSSR count). The van der Waals surface area contributed by atoms with E-state index in [1.807, 2.05) is 52.6 Å². The summed E-state index contributed by atoms with van der Waals surface area (Å²) < 4.78 is 14.5. The molecule has 1 aromatic heterocycles. The molecule has 1 atom stereocenters. The lowest BCUT2D eigenvalue weighted by molar-refractivity contribution is 0.195. The molecule has 2 amide bonds. The largest absolute Gasteiger partial charge is 0.322 e. The van der Waals surface area contributed by atoms with Gasteiger partial charge in [-0.15, -0.1) is 11.3 Å². The fourth-order valence-corrected chi connectivity index (χ4v) is 6.56. The lowest BCUT2D eigenvalue weighted by Gasteiger charge is -2.36. The van der Waals surface area contributed by atoms with Crippen LogP contribution in [0.1, 0.15) is 45.3 Å². The Labute approximate surface area is 188 Å². The average Bonchev–Trinajstić information content (AvgIpc) is 3.14. The van der Waals surface area contributed by atoms with Gasteiger partial charge in [0.15, 0.2) is 0 Å². The standard InChI is InChI=1S/C24H22BrFN2OS/c25-19-6-2-3-7-20(19)27-24(29)28-14-13-18-17-5-1-4-8-21(17)30-23(18)22(28)15-9-11-16(26)12-10-15/h2-3,6-7,9-12,22H,1,4-5,8,13-14H2,(H,27,29)/t22-/m0/s1. The minimum absolute atomic E-state index is 0.131. The van der Waals surface area contributed by atoms with Gasteiger partial charge in [0.2, 0.25) is 0 Å². The van der Waals surface area contributed by atoms with Crippen molar-refractivity contribution >= 4 is 39.0 Å². The van der Waals surface area contributed by atoms with Crippen LogP contribution in [0.4, 0.5) is 14.9 Å². The molecule has 2 heterocycles. The summed E-state index contributed by atoms with van der Waals surface area (Å²) in [5, 5.41) is 3.05. The number of aryl methyl sites for hydroxylation is 1. The van der Waals surface area contributed by atoms with Gasteiger partial charge in [-0.1, -0.05) is 24.3 Å². The summed E-state index contributed by atoms with van der Waals surface area (Å²) >= 11 is 5.36. The molecule has 6 heteroatoms. The van der Waals surface area contributed by atoms with Gasteiger partial charge in [-0.3, -0.25) is 0 Å². The second kappa shape index (κ2) is 8.16. The van der Waals surface area contributed by atoms with Crippen LogP contribution in [0, 0.1) is 5.82 Å². The van der Waals surface area contributed by atoms with Gasteiger partial charge in [0.25, 0.3) is 0 Å². The third-order valence-electron chi connectivity index (χ3n) is 6.04. The highest BCUT2D eigenvalue weighted by molar-refractivity contribution is 9.10. The van der Waals surface area contributed by atoms with Gasteiger partial charge in [0.05, 0.1) is 11.7 Å². The van der Waals surface area contributed by atoms with E-state index < -0.39 is 0 Å². The number of fused-ring (bicyclic) bond motifs is 3. The van der Waals surface area contributed by atoms with Crippen LogP contribution in [0.15, 0.2) is 53.0 Å². The molecule has 0 saturated heterocycles. The van der Waals surface area contributed by atoms with Gasteiger partial charge in [-0.2, -0.15) is 0 Å². The molecule has 0 fully saturated rings.